The number of pyridine rings is 1. The summed E-state index contributed by atoms with van der Waals surface area (Å²) in [6, 6.07) is 14.9. The first kappa shape index (κ1) is 28.7. The number of alkyl halides is 3. The number of hydrogen-bond donors (Lipinski definition) is 2. The fourth-order valence-corrected chi connectivity index (χ4v) is 5.28. The van der Waals surface area contributed by atoms with Gasteiger partial charge in [0.15, 0.2) is 0 Å². The summed E-state index contributed by atoms with van der Waals surface area (Å²) in [4.78, 5) is 20.2. The number of anilines is 1. The number of para-hydroxylation sites is 1. The first-order valence-electron chi connectivity index (χ1n) is 12.9. The first-order chi connectivity index (χ1) is 18.7. The number of carbonyl (C=O) groups excluding carboxylic acids is 1. The zero-order chi connectivity index (χ0) is 28.0. The third-order valence-corrected chi connectivity index (χ3v) is 7.41. The summed E-state index contributed by atoms with van der Waals surface area (Å²) in [5, 5.41) is 6.10. The molecule has 0 bridgehead atoms. The molecule has 2 heterocycles. The quantitative estimate of drug-likeness (QED) is 0.329. The van der Waals surface area contributed by atoms with Gasteiger partial charge in [0.1, 0.15) is 5.75 Å². The molecule has 0 atom stereocenters. The Morgan fingerprint density at radius 3 is 2.46 bits per heavy atom. The second kappa shape index (κ2) is 12.3. The monoisotopic (exact) mass is 560 g/mol. The molecule has 1 saturated heterocycles. The maximum absolute atomic E-state index is 13.6. The van der Waals surface area contributed by atoms with E-state index in [0.717, 1.165) is 34.7 Å². The number of carbonyl (C=O) groups is 1. The van der Waals surface area contributed by atoms with Gasteiger partial charge in [-0.05, 0) is 68.8 Å². The van der Waals surface area contributed by atoms with Gasteiger partial charge in [-0.25, -0.2) is 0 Å². The summed E-state index contributed by atoms with van der Waals surface area (Å²) < 4.78 is 45.1. The molecule has 208 valence electrons. The maximum Gasteiger partial charge on any atom is 0.416 e. The van der Waals surface area contributed by atoms with Crippen LogP contribution in [0.4, 0.5) is 18.9 Å². The summed E-state index contributed by atoms with van der Waals surface area (Å²) in [7, 11) is 1.82. The van der Waals surface area contributed by atoms with Crippen LogP contribution in [-0.2, 0) is 16.4 Å². The highest BCUT2D eigenvalue weighted by atomic mass is 35.5. The Kier molecular flexibility index (Phi) is 9.02. The highest BCUT2D eigenvalue weighted by Gasteiger charge is 2.43. The van der Waals surface area contributed by atoms with Crippen LogP contribution >= 0.6 is 11.6 Å². The number of ether oxygens (including phenoxy) is 1. The Balaban J connectivity index is 1.60. The molecular formula is C29H32ClF3N4O2. The van der Waals surface area contributed by atoms with Gasteiger partial charge in [-0.2, -0.15) is 13.2 Å². The average molecular weight is 561 g/mol. The normalized spacial score (nSPS) is 15.2. The van der Waals surface area contributed by atoms with Gasteiger partial charge >= 0.3 is 6.18 Å². The number of benzene rings is 2. The van der Waals surface area contributed by atoms with Crippen molar-refractivity contribution in [2.45, 2.75) is 31.4 Å². The predicted molar refractivity (Wildman–Crippen MR) is 147 cm³/mol. The van der Waals surface area contributed by atoms with Gasteiger partial charge in [-0.1, -0.05) is 29.8 Å². The van der Waals surface area contributed by atoms with Crippen LogP contribution in [0.2, 0.25) is 5.02 Å². The summed E-state index contributed by atoms with van der Waals surface area (Å²) in [5.74, 6) is 0.640. The molecule has 1 aliphatic rings. The second-order valence-corrected chi connectivity index (χ2v) is 9.86. The lowest BCUT2D eigenvalue weighted by atomic mass is 9.72. The van der Waals surface area contributed by atoms with Crippen molar-refractivity contribution < 1.29 is 22.7 Å². The summed E-state index contributed by atoms with van der Waals surface area (Å²) in [5.41, 5.74) is 1.29. The van der Waals surface area contributed by atoms with E-state index in [4.69, 9.17) is 21.3 Å². The molecule has 10 heteroatoms. The SMILES string of the molecule is CCOc1ccccc1-c1ccc(C2(C(=O)NCCNC)CCN(c3ccc(C(F)(F)F)cc3Cl)CC2)cn1. The number of nitrogens with zero attached hydrogens (tertiary/aromatic N) is 2. The van der Waals surface area contributed by atoms with E-state index in [2.05, 4.69) is 10.6 Å². The molecule has 2 N–H and O–H groups in total. The minimum absolute atomic E-state index is 0.0368. The van der Waals surface area contributed by atoms with Crippen LogP contribution in [0.1, 0.15) is 30.9 Å². The number of amides is 1. The largest absolute Gasteiger partial charge is 0.493 e. The van der Waals surface area contributed by atoms with Crippen molar-refractivity contribution in [3.05, 3.63) is 76.9 Å². The molecule has 39 heavy (non-hydrogen) atoms. The van der Waals surface area contributed by atoms with Gasteiger partial charge in [0.2, 0.25) is 5.91 Å². The van der Waals surface area contributed by atoms with Crippen LogP contribution in [0, 0.1) is 0 Å². The van der Waals surface area contributed by atoms with Gasteiger partial charge < -0.3 is 20.3 Å². The van der Waals surface area contributed by atoms with E-state index in [1.54, 1.807) is 6.20 Å². The van der Waals surface area contributed by atoms with Crippen molar-refractivity contribution in [1.82, 2.24) is 15.6 Å². The van der Waals surface area contributed by atoms with E-state index in [-0.39, 0.29) is 10.9 Å². The lowest BCUT2D eigenvalue weighted by Gasteiger charge is -2.42. The zero-order valence-electron chi connectivity index (χ0n) is 21.9. The van der Waals surface area contributed by atoms with Crippen LogP contribution in [-0.4, -0.2) is 50.7 Å². The van der Waals surface area contributed by atoms with Gasteiger partial charge in [-0.15, -0.1) is 0 Å². The Bertz CT molecular complexity index is 1280. The van der Waals surface area contributed by atoms with Crippen molar-refractivity contribution >= 4 is 23.2 Å². The van der Waals surface area contributed by atoms with Gasteiger partial charge in [0, 0.05) is 37.9 Å². The lowest BCUT2D eigenvalue weighted by Crippen LogP contribution is -2.52. The average Bonchev–Trinajstić information content (AvgIpc) is 2.93. The van der Waals surface area contributed by atoms with Crippen molar-refractivity contribution in [3.8, 4) is 17.0 Å². The van der Waals surface area contributed by atoms with Crippen molar-refractivity contribution in [2.75, 3.05) is 44.7 Å². The molecule has 1 fully saturated rings. The second-order valence-electron chi connectivity index (χ2n) is 9.45. The molecule has 1 aliphatic heterocycles. The summed E-state index contributed by atoms with van der Waals surface area (Å²) >= 11 is 6.27. The number of piperidine rings is 1. The highest BCUT2D eigenvalue weighted by Crippen LogP contribution is 2.41. The van der Waals surface area contributed by atoms with Crippen molar-refractivity contribution in [3.63, 3.8) is 0 Å². The minimum Gasteiger partial charge on any atom is -0.493 e. The van der Waals surface area contributed by atoms with E-state index in [1.165, 1.54) is 6.07 Å². The molecule has 4 rings (SSSR count). The Morgan fingerprint density at radius 2 is 1.85 bits per heavy atom. The number of rotatable bonds is 9. The van der Waals surface area contributed by atoms with E-state index >= 15 is 0 Å². The van der Waals surface area contributed by atoms with Crippen molar-refractivity contribution in [2.24, 2.45) is 0 Å². The van der Waals surface area contributed by atoms with Crippen LogP contribution < -0.4 is 20.3 Å². The van der Waals surface area contributed by atoms with Crippen LogP contribution in [0.15, 0.2) is 60.8 Å². The molecule has 0 radical (unpaired) electrons. The third-order valence-electron chi connectivity index (χ3n) is 7.11. The zero-order valence-corrected chi connectivity index (χ0v) is 22.7. The van der Waals surface area contributed by atoms with Crippen LogP contribution in [0.3, 0.4) is 0 Å². The number of halogens is 4. The molecule has 3 aromatic rings. The molecule has 0 saturated carbocycles. The molecule has 6 nitrogen and oxygen atoms in total. The topological polar surface area (TPSA) is 66.5 Å². The number of likely N-dealkylation sites (N-methyl/N-ethyl adjacent to an activating group) is 1. The van der Waals surface area contributed by atoms with Crippen molar-refractivity contribution in [1.29, 1.82) is 0 Å². The fourth-order valence-electron chi connectivity index (χ4n) is 4.98. The molecule has 1 aromatic heterocycles. The number of aromatic nitrogens is 1. The van der Waals surface area contributed by atoms with Crippen LogP contribution in [0.5, 0.6) is 5.75 Å². The molecule has 0 spiro atoms. The highest BCUT2D eigenvalue weighted by molar-refractivity contribution is 6.33. The fraction of sp³-hybridized carbons (Fsp3) is 0.379. The summed E-state index contributed by atoms with van der Waals surface area (Å²) in [6.45, 7) is 4.44. The first-order valence-corrected chi connectivity index (χ1v) is 13.3. The third kappa shape index (κ3) is 6.31. The summed E-state index contributed by atoms with van der Waals surface area (Å²) in [6.07, 6.45) is -1.82. The Morgan fingerprint density at radius 1 is 1.10 bits per heavy atom. The Labute approximate surface area is 231 Å². The van der Waals surface area contributed by atoms with E-state index in [1.807, 2.05) is 55.3 Å². The smallest absolute Gasteiger partial charge is 0.416 e. The van der Waals surface area contributed by atoms with Gasteiger partial charge in [0.25, 0.3) is 0 Å². The molecule has 2 aromatic carbocycles. The maximum atomic E-state index is 13.6. The van der Waals surface area contributed by atoms with Gasteiger partial charge in [-0.3, -0.25) is 9.78 Å². The lowest BCUT2D eigenvalue weighted by molar-refractivity contribution is -0.137. The number of nitrogens with one attached hydrogen (secondary N) is 2. The van der Waals surface area contributed by atoms with E-state index in [9.17, 15) is 18.0 Å². The Hall–Kier alpha value is -3.30. The van der Waals surface area contributed by atoms with E-state index in [0.29, 0.717) is 51.3 Å². The molecule has 0 unspecified atom stereocenters. The molecule has 1 amide bonds. The van der Waals surface area contributed by atoms with Gasteiger partial charge in [0.05, 0.1) is 34.0 Å². The molecular weight excluding hydrogens is 529 g/mol. The van der Waals surface area contributed by atoms with E-state index < -0.39 is 17.2 Å². The standard InChI is InChI=1S/C29H32ClF3N4O2/c1-3-39-26-7-5-4-6-22(26)24-10-8-21(19-36-24)28(27(38)35-15-14-34-2)12-16-37(17-13-28)25-11-9-20(18-23(25)30)29(31,32)33/h4-11,18-19,34H,3,12-17H2,1-2H3,(H,35,38). The number of hydrogen-bond acceptors (Lipinski definition) is 5. The van der Waals surface area contributed by atoms with Crippen LogP contribution in [0.25, 0.3) is 11.3 Å². The predicted octanol–water partition coefficient (Wildman–Crippen LogP) is 5.69. The minimum atomic E-state index is -4.47. The molecule has 0 aliphatic carbocycles.